The predicted octanol–water partition coefficient (Wildman–Crippen LogP) is 3.57. The van der Waals surface area contributed by atoms with Crippen molar-refractivity contribution in [1.29, 1.82) is 0 Å². The molecule has 3 aromatic rings. The molecule has 0 unspecified atom stereocenters. The van der Waals surface area contributed by atoms with E-state index in [0.717, 1.165) is 0 Å². The first-order valence-electron chi connectivity index (χ1n) is 10.6. The number of esters is 2. The maximum absolute atomic E-state index is 13.8. The number of pyridine rings is 1. The third-order valence-corrected chi connectivity index (χ3v) is 4.63. The second kappa shape index (κ2) is 11.6. The van der Waals surface area contributed by atoms with Gasteiger partial charge in [-0.05, 0) is 61.4 Å². The molecule has 186 valence electrons. The average Bonchev–Trinajstić information content (AvgIpc) is 2.84. The van der Waals surface area contributed by atoms with Crippen LogP contribution in [0.25, 0.3) is 0 Å². The van der Waals surface area contributed by atoms with Crippen molar-refractivity contribution in [3.63, 3.8) is 0 Å². The number of carbonyl (C=O) groups is 4. The van der Waals surface area contributed by atoms with Gasteiger partial charge in [-0.15, -0.1) is 0 Å². The first kappa shape index (κ1) is 25.9. The number of carbonyl (C=O) groups excluding carboxylic acids is 4. The largest absolute Gasteiger partial charge is 0.451 e. The summed E-state index contributed by atoms with van der Waals surface area (Å²) in [7, 11) is 0. The minimum atomic E-state index is -1.02. The van der Waals surface area contributed by atoms with E-state index >= 15 is 0 Å². The molecular weight excluding hydrogens is 476 g/mol. The van der Waals surface area contributed by atoms with Crippen LogP contribution in [0.2, 0.25) is 0 Å². The number of ether oxygens (including phenoxy) is 2. The van der Waals surface area contributed by atoms with Crippen LogP contribution in [0, 0.1) is 25.5 Å². The minimum Gasteiger partial charge on any atom is -0.451 e. The van der Waals surface area contributed by atoms with Gasteiger partial charge in [-0.3, -0.25) is 9.59 Å². The molecule has 11 heteroatoms. The van der Waals surface area contributed by atoms with Gasteiger partial charge >= 0.3 is 11.9 Å². The molecule has 2 aromatic carbocycles. The van der Waals surface area contributed by atoms with Crippen LogP contribution in [0.15, 0.2) is 54.6 Å². The van der Waals surface area contributed by atoms with Crippen LogP contribution >= 0.6 is 0 Å². The highest BCUT2D eigenvalue weighted by Crippen LogP contribution is 2.16. The lowest BCUT2D eigenvalue weighted by Crippen LogP contribution is -2.23. The molecule has 0 fully saturated rings. The van der Waals surface area contributed by atoms with Crippen molar-refractivity contribution in [2.24, 2.45) is 0 Å². The van der Waals surface area contributed by atoms with Crippen LogP contribution in [0.1, 0.15) is 32.1 Å². The van der Waals surface area contributed by atoms with Gasteiger partial charge in [0.05, 0.1) is 11.4 Å². The lowest BCUT2D eigenvalue weighted by Gasteiger charge is -2.09. The molecule has 0 saturated carbocycles. The molecule has 0 spiro atoms. The maximum Gasteiger partial charge on any atom is 0.357 e. The van der Waals surface area contributed by atoms with Crippen molar-refractivity contribution in [3.05, 3.63) is 88.7 Å². The van der Waals surface area contributed by atoms with Crippen molar-refractivity contribution in [2.75, 3.05) is 23.8 Å². The molecule has 0 saturated heterocycles. The normalized spacial score (nSPS) is 10.3. The molecule has 9 nitrogen and oxygen atoms in total. The van der Waals surface area contributed by atoms with Crippen molar-refractivity contribution < 1.29 is 37.4 Å². The maximum atomic E-state index is 13.8. The number of hydrogen-bond donors (Lipinski definition) is 2. The summed E-state index contributed by atoms with van der Waals surface area (Å²) in [6.07, 6.45) is 0. The standard InChI is InChI=1S/C25H21F2N3O6/c1-14-6-8-18(16(26)10-14)29-22(31)12-35-24(33)20-4-3-5-21(28-20)25(34)36-13-23(32)30-19-9-7-15(2)11-17(19)27/h3-11H,12-13H2,1-2H3,(H,29,31)(H,30,32). The number of anilines is 2. The smallest absolute Gasteiger partial charge is 0.357 e. The summed E-state index contributed by atoms with van der Waals surface area (Å²) in [5.41, 5.74) is 0.594. The lowest BCUT2D eigenvalue weighted by molar-refractivity contribution is -0.119. The Hall–Kier alpha value is -4.67. The summed E-state index contributed by atoms with van der Waals surface area (Å²) >= 11 is 0. The second-order valence-electron chi connectivity index (χ2n) is 7.62. The monoisotopic (exact) mass is 497 g/mol. The molecule has 0 atom stereocenters. The molecule has 2 amide bonds. The molecule has 0 aliphatic rings. The molecule has 0 radical (unpaired) electrons. The zero-order chi connectivity index (χ0) is 26.2. The Morgan fingerprint density at radius 2 is 1.14 bits per heavy atom. The molecule has 0 aliphatic carbocycles. The van der Waals surface area contributed by atoms with E-state index in [9.17, 15) is 28.0 Å². The summed E-state index contributed by atoms with van der Waals surface area (Å²) in [6.45, 7) is 1.93. The molecule has 3 rings (SSSR count). The third kappa shape index (κ3) is 7.16. The Bertz CT molecular complexity index is 1230. The molecular formula is C25H21F2N3O6. The zero-order valence-corrected chi connectivity index (χ0v) is 19.3. The van der Waals surface area contributed by atoms with Crippen molar-refractivity contribution >= 4 is 35.1 Å². The highest BCUT2D eigenvalue weighted by atomic mass is 19.1. The molecule has 0 aliphatic heterocycles. The van der Waals surface area contributed by atoms with Crippen LogP contribution in [0.5, 0.6) is 0 Å². The molecule has 1 heterocycles. The van der Waals surface area contributed by atoms with Gasteiger partial charge in [-0.25, -0.2) is 23.4 Å². The van der Waals surface area contributed by atoms with Gasteiger partial charge in [-0.2, -0.15) is 0 Å². The number of rotatable bonds is 8. The van der Waals surface area contributed by atoms with Gasteiger partial charge in [0, 0.05) is 0 Å². The van der Waals surface area contributed by atoms with Crippen LogP contribution in [0.4, 0.5) is 20.2 Å². The number of nitrogens with zero attached hydrogens (tertiary/aromatic N) is 1. The Morgan fingerprint density at radius 3 is 1.53 bits per heavy atom. The summed E-state index contributed by atoms with van der Waals surface area (Å²) in [6, 6.07) is 12.2. The zero-order valence-electron chi connectivity index (χ0n) is 19.3. The fourth-order valence-corrected chi connectivity index (χ4v) is 2.89. The van der Waals surface area contributed by atoms with Crippen molar-refractivity contribution in [1.82, 2.24) is 4.98 Å². The number of aryl methyl sites for hydroxylation is 2. The fraction of sp³-hybridized carbons (Fsp3) is 0.160. The Balaban J connectivity index is 1.51. The highest BCUT2D eigenvalue weighted by molar-refractivity contribution is 5.97. The SMILES string of the molecule is Cc1ccc(NC(=O)COC(=O)c2cccc(C(=O)OCC(=O)Nc3ccc(C)cc3F)n2)c(F)c1. The molecule has 0 bridgehead atoms. The number of benzene rings is 2. The van der Waals surface area contributed by atoms with E-state index in [4.69, 9.17) is 9.47 Å². The Morgan fingerprint density at radius 1 is 0.722 bits per heavy atom. The van der Waals surface area contributed by atoms with Crippen molar-refractivity contribution in [3.8, 4) is 0 Å². The van der Waals surface area contributed by atoms with E-state index in [1.165, 1.54) is 42.5 Å². The second-order valence-corrected chi connectivity index (χ2v) is 7.62. The Kier molecular flexibility index (Phi) is 8.39. The van der Waals surface area contributed by atoms with Crippen LogP contribution < -0.4 is 10.6 Å². The van der Waals surface area contributed by atoms with E-state index < -0.39 is 48.6 Å². The number of nitrogens with one attached hydrogen (secondary N) is 2. The van der Waals surface area contributed by atoms with Crippen molar-refractivity contribution in [2.45, 2.75) is 13.8 Å². The predicted molar refractivity (Wildman–Crippen MR) is 124 cm³/mol. The minimum absolute atomic E-state index is 0.0707. The van der Waals surface area contributed by atoms with E-state index in [1.54, 1.807) is 26.0 Å². The quantitative estimate of drug-likeness (QED) is 0.456. The summed E-state index contributed by atoms with van der Waals surface area (Å²) in [5.74, 6) is -4.87. The summed E-state index contributed by atoms with van der Waals surface area (Å²) < 4.78 is 37.4. The van der Waals surface area contributed by atoms with E-state index in [2.05, 4.69) is 15.6 Å². The molecule has 1 aromatic heterocycles. The van der Waals surface area contributed by atoms with Gasteiger partial charge in [0.15, 0.2) is 13.2 Å². The van der Waals surface area contributed by atoms with Gasteiger partial charge in [0.2, 0.25) is 0 Å². The number of amides is 2. The number of aromatic nitrogens is 1. The van der Waals surface area contributed by atoms with Gasteiger partial charge in [0.1, 0.15) is 23.0 Å². The molecule has 2 N–H and O–H groups in total. The van der Waals surface area contributed by atoms with Gasteiger partial charge in [0.25, 0.3) is 11.8 Å². The highest BCUT2D eigenvalue weighted by Gasteiger charge is 2.17. The number of halogens is 2. The summed E-state index contributed by atoms with van der Waals surface area (Å²) in [5, 5.41) is 4.56. The average molecular weight is 497 g/mol. The first-order valence-corrected chi connectivity index (χ1v) is 10.6. The lowest BCUT2D eigenvalue weighted by atomic mass is 10.2. The fourth-order valence-electron chi connectivity index (χ4n) is 2.89. The van der Waals surface area contributed by atoms with E-state index in [1.807, 2.05) is 0 Å². The van der Waals surface area contributed by atoms with Crippen LogP contribution in [-0.4, -0.2) is 42.0 Å². The summed E-state index contributed by atoms with van der Waals surface area (Å²) in [4.78, 5) is 52.2. The topological polar surface area (TPSA) is 124 Å². The van der Waals surface area contributed by atoms with Gasteiger partial charge in [-0.1, -0.05) is 18.2 Å². The van der Waals surface area contributed by atoms with E-state index in [-0.39, 0.29) is 22.8 Å². The molecule has 36 heavy (non-hydrogen) atoms. The van der Waals surface area contributed by atoms with Gasteiger partial charge < -0.3 is 20.1 Å². The number of hydrogen-bond acceptors (Lipinski definition) is 7. The third-order valence-electron chi connectivity index (χ3n) is 4.63. The van der Waals surface area contributed by atoms with E-state index in [0.29, 0.717) is 11.1 Å². The first-order chi connectivity index (χ1) is 17.1. The van der Waals surface area contributed by atoms with Crippen LogP contribution in [0.3, 0.4) is 0 Å². The van der Waals surface area contributed by atoms with Crippen LogP contribution in [-0.2, 0) is 19.1 Å². The Labute approximate surface area is 204 Å².